The SMILES string of the molecule is CC1(C)C2=C(C=CC=CC2)c2ccc3c(oc4ccc(-c5nc(-c6ccccc6)c6ccccc6n5)cc43)c21. The maximum atomic E-state index is 6.61. The van der Waals surface area contributed by atoms with Crippen LogP contribution in [0.5, 0.6) is 0 Å². The van der Waals surface area contributed by atoms with Crippen molar-refractivity contribution in [1.29, 1.82) is 0 Å². The van der Waals surface area contributed by atoms with Crippen molar-refractivity contribution in [2.75, 3.05) is 0 Å². The first kappa shape index (κ1) is 22.2. The minimum absolute atomic E-state index is 0.105. The molecule has 0 aliphatic heterocycles. The van der Waals surface area contributed by atoms with Crippen molar-refractivity contribution in [3.05, 3.63) is 126 Å². The number of para-hydroxylation sites is 1. The van der Waals surface area contributed by atoms with Crippen LogP contribution in [-0.4, -0.2) is 9.97 Å². The molecule has 0 saturated heterocycles. The molecule has 4 aromatic carbocycles. The zero-order valence-electron chi connectivity index (χ0n) is 21.9. The Balaban J connectivity index is 1.33. The molecule has 3 nitrogen and oxygen atoms in total. The van der Waals surface area contributed by atoms with Crippen LogP contribution in [0.1, 0.15) is 31.4 Å². The van der Waals surface area contributed by atoms with E-state index in [0.717, 1.165) is 61.9 Å². The normalized spacial score (nSPS) is 15.7. The summed E-state index contributed by atoms with van der Waals surface area (Å²) in [4.78, 5) is 10.1. The second kappa shape index (κ2) is 8.12. The van der Waals surface area contributed by atoms with Gasteiger partial charge in [-0.1, -0.05) is 92.7 Å². The lowest BCUT2D eigenvalue weighted by atomic mass is 9.79. The van der Waals surface area contributed by atoms with Crippen LogP contribution in [0.3, 0.4) is 0 Å². The van der Waals surface area contributed by atoms with Gasteiger partial charge in [0.25, 0.3) is 0 Å². The van der Waals surface area contributed by atoms with Gasteiger partial charge in [-0.25, -0.2) is 9.97 Å². The van der Waals surface area contributed by atoms with E-state index in [4.69, 9.17) is 14.4 Å². The minimum atomic E-state index is -0.105. The standard InChI is InChI=1S/C36H26N2O/c1-36(2)29-15-8-4-7-13-24(29)25-18-19-26-28-21-23(17-20-31(28)39-34(26)32(25)36)35-37-30-16-10-9-14-27(30)33(38-35)22-11-5-3-6-12-22/h3-14,16-21H,15H2,1-2H3. The van der Waals surface area contributed by atoms with E-state index in [1.54, 1.807) is 0 Å². The molecule has 2 aromatic heterocycles. The fourth-order valence-electron chi connectivity index (χ4n) is 6.47. The molecule has 0 N–H and O–H groups in total. The molecule has 0 radical (unpaired) electrons. The molecule has 0 spiro atoms. The highest BCUT2D eigenvalue weighted by atomic mass is 16.3. The third-order valence-electron chi connectivity index (χ3n) is 8.37. The zero-order valence-corrected chi connectivity index (χ0v) is 21.9. The molecule has 0 atom stereocenters. The van der Waals surface area contributed by atoms with Crippen molar-refractivity contribution in [3.63, 3.8) is 0 Å². The summed E-state index contributed by atoms with van der Waals surface area (Å²) >= 11 is 0. The Morgan fingerprint density at radius 2 is 1.59 bits per heavy atom. The summed E-state index contributed by atoms with van der Waals surface area (Å²) in [6.07, 6.45) is 9.75. The highest BCUT2D eigenvalue weighted by Crippen LogP contribution is 2.52. The summed E-state index contributed by atoms with van der Waals surface area (Å²) in [7, 11) is 0. The van der Waals surface area contributed by atoms with Crippen molar-refractivity contribution in [1.82, 2.24) is 9.97 Å². The minimum Gasteiger partial charge on any atom is -0.456 e. The predicted molar refractivity (Wildman–Crippen MR) is 161 cm³/mol. The Morgan fingerprint density at radius 1 is 0.744 bits per heavy atom. The van der Waals surface area contributed by atoms with E-state index < -0.39 is 0 Å². The van der Waals surface area contributed by atoms with Gasteiger partial charge >= 0.3 is 0 Å². The highest BCUT2D eigenvalue weighted by Gasteiger charge is 2.39. The number of fused-ring (bicyclic) bond motifs is 7. The second-order valence-corrected chi connectivity index (χ2v) is 11.0. The molecule has 0 unspecified atom stereocenters. The van der Waals surface area contributed by atoms with Crippen LogP contribution in [-0.2, 0) is 5.41 Å². The molecule has 8 rings (SSSR count). The van der Waals surface area contributed by atoms with E-state index in [2.05, 4.69) is 105 Å². The molecule has 186 valence electrons. The van der Waals surface area contributed by atoms with E-state index in [1.807, 2.05) is 18.2 Å². The first-order valence-corrected chi connectivity index (χ1v) is 13.5. The van der Waals surface area contributed by atoms with Crippen LogP contribution in [0, 0.1) is 0 Å². The molecule has 6 aromatic rings. The van der Waals surface area contributed by atoms with E-state index in [-0.39, 0.29) is 5.41 Å². The Hall–Kier alpha value is -4.76. The van der Waals surface area contributed by atoms with Crippen LogP contribution in [0.25, 0.3) is 61.1 Å². The van der Waals surface area contributed by atoms with Gasteiger partial charge in [0, 0.05) is 38.3 Å². The van der Waals surface area contributed by atoms with E-state index in [9.17, 15) is 0 Å². The fourth-order valence-corrected chi connectivity index (χ4v) is 6.47. The van der Waals surface area contributed by atoms with Gasteiger partial charge in [-0.3, -0.25) is 0 Å². The van der Waals surface area contributed by atoms with E-state index in [1.165, 1.54) is 22.3 Å². The Morgan fingerprint density at radius 3 is 2.49 bits per heavy atom. The zero-order chi connectivity index (χ0) is 26.1. The van der Waals surface area contributed by atoms with Crippen LogP contribution >= 0.6 is 0 Å². The summed E-state index contributed by atoms with van der Waals surface area (Å²) in [5, 5.41) is 3.29. The van der Waals surface area contributed by atoms with Gasteiger partial charge in [-0.2, -0.15) is 0 Å². The lowest BCUT2D eigenvalue weighted by molar-refractivity contribution is 0.600. The van der Waals surface area contributed by atoms with Crippen LogP contribution < -0.4 is 0 Å². The molecule has 2 aliphatic rings. The van der Waals surface area contributed by atoms with E-state index >= 15 is 0 Å². The van der Waals surface area contributed by atoms with E-state index in [0.29, 0.717) is 0 Å². The summed E-state index contributed by atoms with van der Waals surface area (Å²) in [5.74, 6) is 0.718. The first-order valence-electron chi connectivity index (χ1n) is 13.5. The summed E-state index contributed by atoms with van der Waals surface area (Å²) in [5.41, 5.74) is 11.1. The number of rotatable bonds is 2. The number of allylic oxidation sites excluding steroid dienone is 6. The molecule has 2 aliphatic carbocycles. The average Bonchev–Trinajstić information content (AvgIpc) is 3.29. The Kier molecular flexibility index (Phi) is 4.63. The van der Waals surface area contributed by atoms with Crippen molar-refractivity contribution >= 4 is 38.4 Å². The van der Waals surface area contributed by atoms with Crippen molar-refractivity contribution < 1.29 is 4.42 Å². The molecule has 39 heavy (non-hydrogen) atoms. The molecule has 0 fully saturated rings. The maximum Gasteiger partial charge on any atom is 0.160 e. The molecule has 0 saturated carbocycles. The first-order chi connectivity index (χ1) is 19.1. The number of hydrogen-bond acceptors (Lipinski definition) is 3. The van der Waals surface area contributed by atoms with Crippen LogP contribution in [0.2, 0.25) is 0 Å². The van der Waals surface area contributed by atoms with Crippen LogP contribution in [0.15, 0.2) is 119 Å². The molecular formula is C36H26N2O. The van der Waals surface area contributed by atoms with Crippen molar-refractivity contribution in [2.24, 2.45) is 0 Å². The van der Waals surface area contributed by atoms with Gasteiger partial charge < -0.3 is 4.42 Å². The average molecular weight is 503 g/mol. The maximum absolute atomic E-state index is 6.61. The molecule has 3 heteroatoms. The Labute approximate surface area is 226 Å². The lowest BCUT2D eigenvalue weighted by Crippen LogP contribution is -2.17. The van der Waals surface area contributed by atoms with Gasteiger partial charge in [0.05, 0.1) is 11.2 Å². The number of benzene rings is 4. The topological polar surface area (TPSA) is 38.9 Å². The summed E-state index contributed by atoms with van der Waals surface area (Å²) < 4.78 is 6.61. The molecule has 0 bridgehead atoms. The van der Waals surface area contributed by atoms with Gasteiger partial charge in [-0.15, -0.1) is 0 Å². The number of nitrogens with zero attached hydrogens (tertiary/aromatic N) is 2. The molecule has 2 heterocycles. The molecule has 0 amide bonds. The quantitative estimate of drug-likeness (QED) is 0.237. The smallest absolute Gasteiger partial charge is 0.160 e. The summed E-state index contributed by atoms with van der Waals surface area (Å²) in [6.45, 7) is 4.65. The fraction of sp³-hybridized carbons (Fsp3) is 0.111. The predicted octanol–water partition coefficient (Wildman–Crippen LogP) is 9.42. The lowest BCUT2D eigenvalue weighted by Gasteiger charge is -2.24. The third-order valence-corrected chi connectivity index (χ3v) is 8.37. The van der Waals surface area contributed by atoms with Gasteiger partial charge in [0.1, 0.15) is 11.2 Å². The Bertz CT molecular complexity index is 2060. The van der Waals surface area contributed by atoms with Gasteiger partial charge in [-0.05, 0) is 53.5 Å². The second-order valence-electron chi connectivity index (χ2n) is 11.0. The number of aromatic nitrogens is 2. The van der Waals surface area contributed by atoms with Gasteiger partial charge in [0.15, 0.2) is 5.82 Å². The third kappa shape index (κ3) is 3.23. The van der Waals surface area contributed by atoms with Crippen molar-refractivity contribution in [3.8, 4) is 22.6 Å². The number of furan rings is 1. The van der Waals surface area contributed by atoms with Crippen LogP contribution in [0.4, 0.5) is 0 Å². The largest absolute Gasteiger partial charge is 0.456 e. The molecular weight excluding hydrogens is 476 g/mol. The highest BCUT2D eigenvalue weighted by molar-refractivity contribution is 6.10. The summed E-state index contributed by atoms with van der Waals surface area (Å²) in [6, 6.07) is 29.4. The monoisotopic (exact) mass is 502 g/mol. The van der Waals surface area contributed by atoms with Gasteiger partial charge in [0.2, 0.25) is 0 Å². The number of hydrogen-bond donors (Lipinski definition) is 0. The van der Waals surface area contributed by atoms with Crippen molar-refractivity contribution in [2.45, 2.75) is 25.7 Å².